The van der Waals surface area contributed by atoms with Crippen molar-refractivity contribution < 1.29 is 4.79 Å². The molecule has 1 fully saturated rings. The first-order chi connectivity index (χ1) is 8.83. The number of anilines is 1. The van der Waals surface area contributed by atoms with E-state index in [0.29, 0.717) is 11.4 Å². The van der Waals surface area contributed by atoms with Gasteiger partial charge in [-0.05, 0) is 29.4 Å². The number of allylic oxidation sites excluding steroid dienone is 3. The number of carbonyl (C=O) groups is 1. The molecule has 1 aliphatic heterocycles. The normalized spacial score (nSPS) is 18.8. The van der Waals surface area contributed by atoms with Crippen LogP contribution in [-0.2, 0) is 4.79 Å². The molecular formula is C13H8N4O. The number of nitrogens with one attached hydrogen (secondary N) is 1. The van der Waals surface area contributed by atoms with Gasteiger partial charge in [0.2, 0.25) is 0 Å². The summed E-state index contributed by atoms with van der Waals surface area (Å²) in [6.45, 7) is 0. The van der Waals surface area contributed by atoms with E-state index in [-0.39, 0.29) is 5.91 Å². The van der Waals surface area contributed by atoms with Gasteiger partial charge in [0.1, 0.15) is 0 Å². The minimum absolute atomic E-state index is 0.228. The number of aromatic nitrogens is 1. The average molecular weight is 236 g/mol. The third kappa shape index (κ3) is 1.27. The van der Waals surface area contributed by atoms with E-state index in [9.17, 15) is 4.79 Å². The Morgan fingerprint density at radius 3 is 2.89 bits per heavy atom. The smallest absolute Gasteiger partial charge is 0.276 e. The molecule has 3 aliphatic rings. The van der Waals surface area contributed by atoms with Gasteiger partial charge < -0.3 is 5.32 Å². The summed E-state index contributed by atoms with van der Waals surface area (Å²) in [6, 6.07) is 3.47. The third-order valence-corrected chi connectivity index (χ3v) is 3.15. The molecule has 86 valence electrons. The highest BCUT2D eigenvalue weighted by atomic mass is 16.2. The molecule has 0 saturated heterocycles. The van der Waals surface area contributed by atoms with E-state index >= 15 is 0 Å². The Hall–Kier alpha value is -2.56. The Labute approximate surface area is 103 Å². The van der Waals surface area contributed by atoms with Crippen LogP contribution in [0.4, 0.5) is 5.69 Å². The molecule has 1 amide bonds. The molecule has 0 unspecified atom stereocenters. The molecule has 0 atom stereocenters. The molecule has 18 heavy (non-hydrogen) atoms. The maximum absolute atomic E-state index is 12.1. The van der Waals surface area contributed by atoms with Crippen molar-refractivity contribution in [3.05, 3.63) is 58.7 Å². The summed E-state index contributed by atoms with van der Waals surface area (Å²) in [5.74, 6) is -0.228. The number of nitrogens with zero attached hydrogens (tertiary/aromatic N) is 3. The lowest BCUT2D eigenvalue weighted by atomic mass is 10.1. The van der Waals surface area contributed by atoms with Crippen LogP contribution in [0.2, 0.25) is 0 Å². The number of amides is 1. The van der Waals surface area contributed by atoms with Crippen LogP contribution in [0.3, 0.4) is 0 Å². The van der Waals surface area contributed by atoms with Crippen LogP contribution in [0.25, 0.3) is 0 Å². The van der Waals surface area contributed by atoms with Gasteiger partial charge in [-0.2, -0.15) is 0 Å². The van der Waals surface area contributed by atoms with Crippen molar-refractivity contribution in [3.8, 4) is 0 Å². The molecule has 2 heterocycles. The highest BCUT2D eigenvalue weighted by molar-refractivity contribution is 6.05. The zero-order chi connectivity index (χ0) is 12.1. The molecule has 1 aromatic rings. The number of rotatable bonds is 2. The van der Waals surface area contributed by atoms with Crippen LogP contribution in [0, 0.1) is 0 Å². The molecule has 5 nitrogen and oxygen atoms in total. The fourth-order valence-corrected chi connectivity index (χ4v) is 2.17. The molecular weight excluding hydrogens is 228 g/mol. The third-order valence-electron chi connectivity index (χ3n) is 3.15. The van der Waals surface area contributed by atoms with Gasteiger partial charge >= 0.3 is 0 Å². The number of fused-ring (bicyclic) bond motifs is 2. The fourth-order valence-electron chi connectivity index (χ4n) is 2.17. The maximum Gasteiger partial charge on any atom is 0.276 e. The van der Waals surface area contributed by atoms with E-state index in [2.05, 4.69) is 20.5 Å². The van der Waals surface area contributed by atoms with Crippen LogP contribution in [0.15, 0.2) is 68.9 Å². The molecule has 1 N–H and O–H groups in total. The van der Waals surface area contributed by atoms with Crippen LogP contribution in [0.5, 0.6) is 0 Å². The summed E-state index contributed by atoms with van der Waals surface area (Å²) in [5.41, 5.74) is 5.36. The maximum atomic E-state index is 12.1. The Kier molecular flexibility index (Phi) is 1.70. The van der Waals surface area contributed by atoms with Gasteiger partial charge in [-0.1, -0.05) is 0 Å². The Morgan fingerprint density at radius 1 is 1.22 bits per heavy atom. The number of azo groups is 1. The Balaban J connectivity index is 1.64. The zero-order valence-electron chi connectivity index (χ0n) is 9.34. The van der Waals surface area contributed by atoms with Crippen molar-refractivity contribution in [2.75, 3.05) is 5.32 Å². The van der Waals surface area contributed by atoms with Crippen LogP contribution < -0.4 is 5.32 Å². The van der Waals surface area contributed by atoms with E-state index in [1.807, 2.05) is 6.08 Å². The van der Waals surface area contributed by atoms with Crippen molar-refractivity contribution in [2.24, 2.45) is 10.2 Å². The van der Waals surface area contributed by atoms with Gasteiger partial charge in [0.25, 0.3) is 5.91 Å². The van der Waals surface area contributed by atoms with Crippen molar-refractivity contribution in [1.29, 1.82) is 0 Å². The van der Waals surface area contributed by atoms with E-state index in [1.165, 1.54) is 11.1 Å². The van der Waals surface area contributed by atoms with E-state index in [1.54, 1.807) is 24.5 Å². The molecule has 5 heteroatoms. The van der Waals surface area contributed by atoms with E-state index in [0.717, 1.165) is 17.7 Å². The summed E-state index contributed by atoms with van der Waals surface area (Å²) >= 11 is 0. The topological polar surface area (TPSA) is 66.7 Å². The van der Waals surface area contributed by atoms with Crippen molar-refractivity contribution in [2.45, 2.75) is 6.42 Å². The summed E-state index contributed by atoms with van der Waals surface area (Å²) in [7, 11) is 0. The SMILES string of the molecule is O=C(Nc1ccncc1)C1=C2C=C3CC3=C2N=N1. The first-order valence-electron chi connectivity index (χ1n) is 5.65. The lowest BCUT2D eigenvalue weighted by Crippen LogP contribution is -2.13. The minimum atomic E-state index is -0.228. The molecule has 1 aromatic heterocycles. The molecule has 0 aromatic carbocycles. The minimum Gasteiger partial charge on any atom is -0.320 e. The van der Waals surface area contributed by atoms with Crippen LogP contribution >= 0.6 is 0 Å². The Morgan fingerprint density at radius 2 is 2.06 bits per heavy atom. The Bertz CT molecular complexity index is 695. The van der Waals surface area contributed by atoms with Gasteiger partial charge in [-0.3, -0.25) is 9.78 Å². The quantitative estimate of drug-likeness (QED) is 0.856. The first kappa shape index (κ1) is 9.47. The lowest BCUT2D eigenvalue weighted by Gasteiger charge is -2.03. The van der Waals surface area contributed by atoms with Crippen molar-refractivity contribution >= 4 is 11.6 Å². The van der Waals surface area contributed by atoms with E-state index in [4.69, 9.17) is 0 Å². The molecule has 0 bridgehead atoms. The predicted molar refractivity (Wildman–Crippen MR) is 64.5 cm³/mol. The summed E-state index contributed by atoms with van der Waals surface area (Å²) in [5, 5.41) is 10.8. The van der Waals surface area contributed by atoms with Gasteiger partial charge in [0.05, 0.1) is 5.70 Å². The molecule has 1 saturated carbocycles. The van der Waals surface area contributed by atoms with Crippen LogP contribution in [0.1, 0.15) is 6.42 Å². The molecule has 4 rings (SSSR count). The zero-order valence-corrected chi connectivity index (χ0v) is 9.34. The highest BCUT2D eigenvalue weighted by Gasteiger charge is 2.38. The summed E-state index contributed by atoms with van der Waals surface area (Å²) in [6.07, 6.45) is 6.26. The number of pyridine rings is 1. The molecule has 0 spiro atoms. The number of hydrogen-bond donors (Lipinski definition) is 1. The fraction of sp³-hybridized carbons (Fsp3) is 0.0769. The second-order valence-electron chi connectivity index (χ2n) is 4.33. The first-order valence-corrected chi connectivity index (χ1v) is 5.65. The summed E-state index contributed by atoms with van der Waals surface area (Å²) in [4.78, 5) is 16.0. The van der Waals surface area contributed by atoms with Gasteiger partial charge in [0.15, 0.2) is 5.70 Å². The average Bonchev–Trinajstić information content (AvgIpc) is 2.86. The van der Waals surface area contributed by atoms with Crippen molar-refractivity contribution in [3.63, 3.8) is 0 Å². The van der Waals surface area contributed by atoms with Crippen molar-refractivity contribution in [1.82, 2.24) is 4.98 Å². The molecule has 2 aliphatic carbocycles. The standard InChI is InChI=1S/C13H8N4O/c18-13(15-8-1-3-14-4-2-8)12-10-6-7-5-9(7)11(10)16-17-12/h1-4,6H,5H2,(H,14,15,18). The number of hydrogen-bond acceptors (Lipinski definition) is 4. The highest BCUT2D eigenvalue weighted by Crippen LogP contribution is 2.51. The second kappa shape index (κ2) is 3.22. The van der Waals surface area contributed by atoms with Gasteiger partial charge in [0, 0.05) is 30.1 Å². The molecule has 0 radical (unpaired) electrons. The number of carbonyl (C=O) groups excluding carboxylic acids is 1. The lowest BCUT2D eigenvalue weighted by molar-refractivity contribution is -0.112. The summed E-state index contributed by atoms with van der Waals surface area (Å²) < 4.78 is 0. The monoisotopic (exact) mass is 236 g/mol. The second-order valence-corrected chi connectivity index (χ2v) is 4.33. The van der Waals surface area contributed by atoms with E-state index < -0.39 is 0 Å². The van der Waals surface area contributed by atoms with Gasteiger partial charge in [-0.15, -0.1) is 10.2 Å². The van der Waals surface area contributed by atoms with Gasteiger partial charge in [-0.25, -0.2) is 0 Å². The predicted octanol–water partition coefficient (Wildman–Crippen LogP) is 2.34. The van der Waals surface area contributed by atoms with Crippen LogP contribution in [-0.4, -0.2) is 10.9 Å². The largest absolute Gasteiger partial charge is 0.320 e.